The molecule has 0 N–H and O–H groups in total. The van der Waals surface area contributed by atoms with Gasteiger partial charge in [0, 0.05) is 5.92 Å². The normalized spacial score (nSPS) is 17.6. The van der Waals surface area contributed by atoms with Crippen LogP contribution >= 0.6 is 0 Å². The number of carbonyl (C=O) groups is 1. The fourth-order valence-corrected chi connectivity index (χ4v) is 1.50. The second-order valence-corrected chi connectivity index (χ2v) is 4.16. The van der Waals surface area contributed by atoms with Gasteiger partial charge in [0.05, 0.1) is 6.54 Å². The maximum atomic E-state index is 11.2. The molecule has 1 rings (SSSR count). The van der Waals surface area contributed by atoms with Crippen LogP contribution in [-0.2, 0) is 4.79 Å². The lowest BCUT2D eigenvalue weighted by Crippen LogP contribution is -2.30. The molecule has 0 aromatic carbocycles. The Morgan fingerprint density at radius 3 is 2.50 bits per heavy atom. The van der Waals surface area contributed by atoms with Crippen molar-refractivity contribution < 1.29 is 4.79 Å². The van der Waals surface area contributed by atoms with Crippen LogP contribution in [0, 0.1) is 17.8 Å². The second-order valence-electron chi connectivity index (χ2n) is 4.16. The van der Waals surface area contributed by atoms with Crippen molar-refractivity contribution in [3.8, 4) is 11.8 Å². The third-order valence-corrected chi connectivity index (χ3v) is 2.49. The Balaban J connectivity index is 2.27. The molecule has 0 aliphatic carbocycles. The van der Waals surface area contributed by atoms with E-state index in [9.17, 15) is 4.79 Å². The Morgan fingerprint density at radius 2 is 1.93 bits per heavy atom. The standard InChI is InChI=1S/C12H19NO/c1-11(2)12(14)7-6-10-13-8-4-3-5-9-13/h11H,3-5,8-10H2,1-2H3. The molecule has 2 nitrogen and oxygen atoms in total. The van der Waals surface area contributed by atoms with E-state index in [1.807, 2.05) is 13.8 Å². The van der Waals surface area contributed by atoms with E-state index in [1.165, 1.54) is 19.3 Å². The summed E-state index contributed by atoms with van der Waals surface area (Å²) in [5.41, 5.74) is 0. The predicted molar refractivity (Wildman–Crippen MR) is 57.9 cm³/mol. The molecule has 1 aliphatic rings. The highest BCUT2D eigenvalue weighted by Gasteiger charge is 2.08. The van der Waals surface area contributed by atoms with Gasteiger partial charge in [-0.15, -0.1) is 0 Å². The van der Waals surface area contributed by atoms with Crippen LogP contribution < -0.4 is 0 Å². The van der Waals surface area contributed by atoms with Gasteiger partial charge in [-0.25, -0.2) is 0 Å². The summed E-state index contributed by atoms with van der Waals surface area (Å²) in [4.78, 5) is 13.5. The Bertz CT molecular complexity index is 241. The third kappa shape index (κ3) is 3.93. The van der Waals surface area contributed by atoms with Gasteiger partial charge in [0.1, 0.15) is 0 Å². The summed E-state index contributed by atoms with van der Waals surface area (Å²) in [6, 6.07) is 0. The first-order valence-electron chi connectivity index (χ1n) is 5.45. The average molecular weight is 193 g/mol. The van der Waals surface area contributed by atoms with Gasteiger partial charge in [-0.05, 0) is 31.9 Å². The lowest BCUT2D eigenvalue weighted by atomic mass is 10.1. The fourth-order valence-electron chi connectivity index (χ4n) is 1.50. The molecule has 0 radical (unpaired) electrons. The van der Waals surface area contributed by atoms with Crippen molar-refractivity contribution >= 4 is 5.78 Å². The monoisotopic (exact) mass is 193 g/mol. The molecule has 0 bridgehead atoms. The molecule has 0 spiro atoms. The van der Waals surface area contributed by atoms with Crippen LogP contribution in [0.25, 0.3) is 0 Å². The lowest BCUT2D eigenvalue weighted by Gasteiger charge is -2.23. The van der Waals surface area contributed by atoms with Crippen molar-refractivity contribution in [2.75, 3.05) is 19.6 Å². The first kappa shape index (κ1) is 11.3. The van der Waals surface area contributed by atoms with Gasteiger partial charge in [0.15, 0.2) is 0 Å². The molecule has 0 saturated carbocycles. The number of ketones is 1. The highest BCUT2D eigenvalue weighted by molar-refractivity contribution is 5.96. The van der Waals surface area contributed by atoms with Crippen molar-refractivity contribution in [3.05, 3.63) is 0 Å². The average Bonchev–Trinajstić information content (AvgIpc) is 2.19. The number of piperidine rings is 1. The summed E-state index contributed by atoms with van der Waals surface area (Å²) in [6.07, 6.45) is 3.90. The van der Waals surface area contributed by atoms with Crippen molar-refractivity contribution in [1.29, 1.82) is 0 Å². The predicted octanol–water partition coefficient (Wildman–Crippen LogP) is 1.70. The van der Waals surface area contributed by atoms with E-state index < -0.39 is 0 Å². The summed E-state index contributed by atoms with van der Waals surface area (Å²) < 4.78 is 0. The first-order chi connectivity index (χ1) is 6.70. The second kappa shape index (κ2) is 5.82. The van der Waals surface area contributed by atoms with Gasteiger partial charge in [-0.2, -0.15) is 0 Å². The minimum absolute atomic E-state index is 0.0452. The van der Waals surface area contributed by atoms with E-state index in [1.54, 1.807) is 0 Å². The number of hydrogen-bond donors (Lipinski definition) is 0. The number of likely N-dealkylation sites (tertiary alicyclic amines) is 1. The zero-order chi connectivity index (χ0) is 10.4. The smallest absolute Gasteiger partial charge is 0.208 e. The topological polar surface area (TPSA) is 20.3 Å². The number of carbonyl (C=O) groups excluding carboxylic acids is 1. The molecule has 1 saturated heterocycles. The van der Waals surface area contributed by atoms with Crippen molar-refractivity contribution in [2.45, 2.75) is 33.1 Å². The van der Waals surface area contributed by atoms with E-state index in [-0.39, 0.29) is 11.7 Å². The summed E-state index contributed by atoms with van der Waals surface area (Å²) in [5, 5.41) is 0. The largest absolute Gasteiger partial charge is 0.292 e. The van der Waals surface area contributed by atoms with Gasteiger partial charge >= 0.3 is 0 Å². The Hall–Kier alpha value is -0.810. The molecule has 0 aromatic rings. The Labute approximate surface area is 86.7 Å². The maximum Gasteiger partial charge on any atom is 0.208 e. The number of rotatable bonds is 2. The number of hydrogen-bond acceptors (Lipinski definition) is 2. The third-order valence-electron chi connectivity index (χ3n) is 2.49. The number of nitrogens with zero attached hydrogens (tertiary/aromatic N) is 1. The quantitative estimate of drug-likeness (QED) is 0.491. The molecule has 2 heteroatoms. The van der Waals surface area contributed by atoms with Crippen LogP contribution in [0.4, 0.5) is 0 Å². The molecule has 14 heavy (non-hydrogen) atoms. The molecule has 1 fully saturated rings. The summed E-state index contributed by atoms with van der Waals surface area (Å²) in [7, 11) is 0. The molecule has 0 unspecified atom stereocenters. The maximum absolute atomic E-state index is 11.2. The Kier molecular flexibility index (Phi) is 4.69. The highest BCUT2D eigenvalue weighted by atomic mass is 16.1. The van der Waals surface area contributed by atoms with Crippen LogP contribution in [-0.4, -0.2) is 30.3 Å². The van der Waals surface area contributed by atoms with Crippen molar-refractivity contribution in [1.82, 2.24) is 4.90 Å². The lowest BCUT2D eigenvalue weighted by molar-refractivity contribution is -0.116. The molecular weight excluding hydrogens is 174 g/mol. The summed E-state index contributed by atoms with van der Waals surface area (Å²) >= 11 is 0. The molecular formula is C12H19NO. The van der Waals surface area contributed by atoms with E-state index in [0.29, 0.717) is 0 Å². The van der Waals surface area contributed by atoms with Gasteiger partial charge in [0.2, 0.25) is 5.78 Å². The van der Waals surface area contributed by atoms with E-state index in [0.717, 1.165) is 19.6 Å². The van der Waals surface area contributed by atoms with Crippen LogP contribution in [0.5, 0.6) is 0 Å². The van der Waals surface area contributed by atoms with E-state index >= 15 is 0 Å². The first-order valence-corrected chi connectivity index (χ1v) is 5.45. The van der Waals surface area contributed by atoms with Crippen LogP contribution in [0.3, 0.4) is 0 Å². The SMILES string of the molecule is CC(C)C(=O)C#CCN1CCCCC1. The summed E-state index contributed by atoms with van der Waals surface area (Å²) in [6.45, 7) is 6.82. The molecule has 1 aliphatic heterocycles. The molecule has 78 valence electrons. The minimum Gasteiger partial charge on any atom is -0.292 e. The zero-order valence-electron chi connectivity index (χ0n) is 9.18. The molecule has 0 amide bonds. The molecule has 0 aromatic heterocycles. The van der Waals surface area contributed by atoms with Crippen molar-refractivity contribution in [3.63, 3.8) is 0 Å². The van der Waals surface area contributed by atoms with Gasteiger partial charge < -0.3 is 0 Å². The Morgan fingerprint density at radius 1 is 1.29 bits per heavy atom. The molecule has 0 atom stereocenters. The van der Waals surface area contributed by atoms with Gasteiger partial charge in [-0.1, -0.05) is 26.2 Å². The minimum atomic E-state index is 0.0452. The van der Waals surface area contributed by atoms with Gasteiger partial charge in [0.25, 0.3) is 0 Å². The summed E-state index contributed by atoms with van der Waals surface area (Å²) in [5.74, 6) is 5.76. The fraction of sp³-hybridized carbons (Fsp3) is 0.750. The number of Topliss-reactive ketones (excluding diaryl/α,β-unsaturated/α-hetero) is 1. The van der Waals surface area contributed by atoms with Crippen LogP contribution in [0.15, 0.2) is 0 Å². The van der Waals surface area contributed by atoms with Crippen LogP contribution in [0.2, 0.25) is 0 Å². The van der Waals surface area contributed by atoms with E-state index in [4.69, 9.17) is 0 Å². The zero-order valence-corrected chi connectivity index (χ0v) is 9.18. The van der Waals surface area contributed by atoms with Crippen LogP contribution in [0.1, 0.15) is 33.1 Å². The van der Waals surface area contributed by atoms with Crippen molar-refractivity contribution in [2.24, 2.45) is 5.92 Å². The van der Waals surface area contributed by atoms with Gasteiger partial charge in [-0.3, -0.25) is 9.69 Å². The highest BCUT2D eigenvalue weighted by Crippen LogP contribution is 2.07. The molecule has 1 heterocycles. The van der Waals surface area contributed by atoms with E-state index in [2.05, 4.69) is 16.7 Å².